The fraction of sp³-hybridized carbons (Fsp3) is 0.200. The highest BCUT2D eigenvalue weighted by Gasteiger charge is 2.01. The lowest BCUT2D eigenvalue weighted by Gasteiger charge is -2.06. The van der Waals surface area contributed by atoms with Crippen LogP contribution in [0.2, 0.25) is 5.02 Å². The van der Waals surface area contributed by atoms with Gasteiger partial charge in [0.1, 0.15) is 5.75 Å². The highest BCUT2D eigenvalue weighted by atomic mass is 35.5. The molecule has 0 aliphatic carbocycles. The second-order valence-electron chi connectivity index (χ2n) is 2.85. The summed E-state index contributed by atoms with van der Waals surface area (Å²) in [5, 5.41) is 4.56. The van der Waals surface area contributed by atoms with Crippen molar-refractivity contribution in [2.45, 2.75) is 6.92 Å². The number of rotatable bonds is 4. The molecule has 16 heavy (non-hydrogen) atoms. The van der Waals surface area contributed by atoms with Gasteiger partial charge in [-0.3, -0.25) is 5.43 Å². The van der Waals surface area contributed by atoms with E-state index in [2.05, 4.69) is 22.7 Å². The molecule has 0 aliphatic rings. The number of nitrogens with zero attached hydrogens (tertiary/aromatic N) is 1. The highest BCUT2D eigenvalue weighted by Crippen LogP contribution is 2.21. The Morgan fingerprint density at radius 3 is 3.06 bits per heavy atom. The summed E-state index contributed by atoms with van der Waals surface area (Å²) in [6, 6.07) is 5.29. The zero-order valence-electron chi connectivity index (χ0n) is 8.74. The maximum Gasteiger partial charge on any atom is 0.184 e. The number of thiocarbonyl (C=S) groups is 1. The smallest absolute Gasteiger partial charge is 0.184 e. The Kier molecular flexibility index (Phi) is 5.01. The molecule has 0 radical (unpaired) electrons. The van der Waals surface area contributed by atoms with Crippen LogP contribution in [0.5, 0.6) is 5.75 Å². The van der Waals surface area contributed by atoms with Crippen LogP contribution >= 0.6 is 23.8 Å². The summed E-state index contributed by atoms with van der Waals surface area (Å²) in [5.74, 6) is 0.709. The van der Waals surface area contributed by atoms with Crippen LogP contribution in [0.3, 0.4) is 0 Å². The molecule has 1 aromatic rings. The molecular formula is C10H12ClN3OS. The maximum absolute atomic E-state index is 5.87. The second-order valence-corrected chi connectivity index (χ2v) is 3.73. The molecule has 0 fully saturated rings. The Hall–Kier alpha value is -1.33. The first kappa shape index (κ1) is 12.7. The second kappa shape index (κ2) is 6.30. The normalized spacial score (nSPS) is 10.4. The van der Waals surface area contributed by atoms with E-state index in [9.17, 15) is 0 Å². The quantitative estimate of drug-likeness (QED) is 0.491. The monoisotopic (exact) mass is 257 g/mol. The number of hydrogen-bond donors (Lipinski definition) is 2. The lowest BCUT2D eigenvalue weighted by Crippen LogP contribution is -2.24. The molecule has 4 nitrogen and oxygen atoms in total. The fourth-order valence-electron chi connectivity index (χ4n) is 1.07. The van der Waals surface area contributed by atoms with Gasteiger partial charge >= 0.3 is 0 Å². The van der Waals surface area contributed by atoms with Crippen molar-refractivity contribution in [2.75, 3.05) is 6.61 Å². The highest BCUT2D eigenvalue weighted by molar-refractivity contribution is 7.80. The van der Waals surface area contributed by atoms with Gasteiger partial charge in [0.2, 0.25) is 0 Å². The fourth-order valence-corrected chi connectivity index (χ4v) is 1.31. The van der Waals surface area contributed by atoms with E-state index < -0.39 is 0 Å². The van der Waals surface area contributed by atoms with E-state index in [1.807, 2.05) is 6.92 Å². The number of benzene rings is 1. The lowest BCUT2D eigenvalue weighted by molar-refractivity contribution is 0.340. The van der Waals surface area contributed by atoms with E-state index in [0.29, 0.717) is 17.4 Å². The van der Waals surface area contributed by atoms with Gasteiger partial charge in [-0.2, -0.15) is 5.10 Å². The molecule has 6 heteroatoms. The minimum Gasteiger partial charge on any atom is -0.493 e. The van der Waals surface area contributed by atoms with Crippen LogP contribution in [0.25, 0.3) is 0 Å². The van der Waals surface area contributed by atoms with Gasteiger partial charge in [-0.25, -0.2) is 0 Å². The molecule has 0 aromatic heterocycles. The van der Waals surface area contributed by atoms with Crippen LogP contribution in [0.15, 0.2) is 23.3 Å². The molecule has 1 rings (SSSR count). The van der Waals surface area contributed by atoms with Gasteiger partial charge in [0, 0.05) is 10.6 Å². The SMILES string of the molecule is CCOc1ccc(Cl)cc1/C=N\NC(N)=S. The average Bonchev–Trinajstić information content (AvgIpc) is 2.21. The molecule has 0 heterocycles. The van der Waals surface area contributed by atoms with E-state index >= 15 is 0 Å². The average molecular weight is 258 g/mol. The van der Waals surface area contributed by atoms with Crippen molar-refractivity contribution in [1.82, 2.24) is 5.43 Å². The third kappa shape index (κ3) is 4.04. The maximum atomic E-state index is 5.87. The molecule has 86 valence electrons. The van der Waals surface area contributed by atoms with Crippen molar-refractivity contribution < 1.29 is 4.74 Å². The van der Waals surface area contributed by atoms with Crippen LogP contribution in [0, 0.1) is 0 Å². The van der Waals surface area contributed by atoms with E-state index in [1.165, 1.54) is 0 Å². The van der Waals surface area contributed by atoms with E-state index in [-0.39, 0.29) is 5.11 Å². The lowest BCUT2D eigenvalue weighted by atomic mass is 10.2. The van der Waals surface area contributed by atoms with Crippen molar-refractivity contribution in [2.24, 2.45) is 10.8 Å². The number of hydrogen-bond acceptors (Lipinski definition) is 3. The summed E-state index contributed by atoms with van der Waals surface area (Å²) in [6.07, 6.45) is 1.55. The Labute approximate surface area is 104 Å². The van der Waals surface area contributed by atoms with Gasteiger partial charge in [-0.05, 0) is 37.3 Å². The Morgan fingerprint density at radius 1 is 1.69 bits per heavy atom. The van der Waals surface area contributed by atoms with Gasteiger partial charge in [-0.1, -0.05) is 11.6 Å². The molecule has 0 spiro atoms. The number of halogens is 1. The molecule has 0 unspecified atom stereocenters. The molecule has 0 atom stereocenters. The van der Waals surface area contributed by atoms with Gasteiger partial charge in [-0.15, -0.1) is 0 Å². The van der Waals surface area contributed by atoms with E-state index in [4.69, 9.17) is 22.1 Å². The van der Waals surface area contributed by atoms with Crippen LogP contribution in [-0.4, -0.2) is 17.9 Å². The van der Waals surface area contributed by atoms with Crippen LogP contribution in [0.4, 0.5) is 0 Å². The van der Waals surface area contributed by atoms with Gasteiger partial charge in [0.25, 0.3) is 0 Å². The number of hydrazone groups is 1. The van der Waals surface area contributed by atoms with Crippen molar-refractivity contribution >= 4 is 35.1 Å². The standard InChI is InChI=1S/C10H12ClN3OS/c1-2-15-9-4-3-8(11)5-7(9)6-13-14-10(12)16/h3-6H,2H2,1H3,(H3,12,14,16)/b13-6-. The third-order valence-electron chi connectivity index (χ3n) is 1.65. The molecule has 0 amide bonds. The predicted octanol–water partition coefficient (Wildman–Crippen LogP) is 1.91. The number of nitrogens with one attached hydrogen (secondary N) is 1. The summed E-state index contributed by atoms with van der Waals surface area (Å²) in [7, 11) is 0. The molecular weight excluding hydrogens is 246 g/mol. The van der Waals surface area contributed by atoms with Crippen molar-refractivity contribution in [1.29, 1.82) is 0 Å². The van der Waals surface area contributed by atoms with Crippen molar-refractivity contribution in [3.63, 3.8) is 0 Å². The summed E-state index contributed by atoms with van der Waals surface area (Å²) < 4.78 is 5.41. The van der Waals surface area contributed by atoms with E-state index in [1.54, 1.807) is 24.4 Å². The molecule has 0 saturated carbocycles. The predicted molar refractivity (Wildman–Crippen MR) is 70.1 cm³/mol. The van der Waals surface area contributed by atoms with Gasteiger partial charge in [0.05, 0.1) is 12.8 Å². The Balaban J connectivity index is 2.86. The zero-order valence-corrected chi connectivity index (χ0v) is 10.3. The topological polar surface area (TPSA) is 59.6 Å². The number of nitrogens with two attached hydrogens (primary N) is 1. The van der Waals surface area contributed by atoms with Crippen molar-refractivity contribution in [3.05, 3.63) is 28.8 Å². The first-order chi connectivity index (χ1) is 7.63. The van der Waals surface area contributed by atoms with Gasteiger partial charge < -0.3 is 10.5 Å². The summed E-state index contributed by atoms with van der Waals surface area (Å²) in [6.45, 7) is 2.48. The van der Waals surface area contributed by atoms with E-state index in [0.717, 1.165) is 5.56 Å². The first-order valence-electron chi connectivity index (χ1n) is 4.64. The van der Waals surface area contributed by atoms with Crippen LogP contribution in [-0.2, 0) is 0 Å². The van der Waals surface area contributed by atoms with Crippen LogP contribution < -0.4 is 15.9 Å². The Morgan fingerprint density at radius 2 is 2.44 bits per heavy atom. The minimum atomic E-state index is 0.108. The molecule has 0 saturated heterocycles. The van der Waals surface area contributed by atoms with Gasteiger partial charge in [0.15, 0.2) is 5.11 Å². The zero-order chi connectivity index (χ0) is 12.0. The number of ether oxygens (including phenoxy) is 1. The summed E-state index contributed by atoms with van der Waals surface area (Å²) in [4.78, 5) is 0. The largest absolute Gasteiger partial charge is 0.493 e. The molecule has 1 aromatic carbocycles. The minimum absolute atomic E-state index is 0.108. The van der Waals surface area contributed by atoms with Crippen LogP contribution in [0.1, 0.15) is 12.5 Å². The first-order valence-corrected chi connectivity index (χ1v) is 5.43. The van der Waals surface area contributed by atoms with Crippen molar-refractivity contribution in [3.8, 4) is 5.75 Å². The molecule has 3 N–H and O–H groups in total. The third-order valence-corrected chi connectivity index (χ3v) is 1.98. The summed E-state index contributed by atoms with van der Waals surface area (Å²) in [5.41, 5.74) is 8.46. The molecule has 0 bridgehead atoms. The summed E-state index contributed by atoms with van der Waals surface area (Å²) >= 11 is 10.5. The molecule has 0 aliphatic heterocycles. The Bertz CT molecular complexity index is 409.